The largest absolute Gasteiger partial charge is 0.494 e. The molecular weight excluding hydrogens is 150 g/mol. The number of nitrogens with zero attached hydrogens (tertiary/aromatic N) is 1. The second-order valence-electron chi connectivity index (χ2n) is 3.02. The van der Waals surface area contributed by atoms with E-state index >= 15 is 0 Å². The topological polar surface area (TPSA) is 25.2 Å². The summed E-state index contributed by atoms with van der Waals surface area (Å²) in [7, 11) is 1.87. The average molecular weight is 161 g/mol. The van der Waals surface area contributed by atoms with E-state index < -0.39 is 0 Å². The Morgan fingerprint density at radius 1 is 1.25 bits per heavy atom. The van der Waals surface area contributed by atoms with Gasteiger partial charge in [-0.05, 0) is 13.0 Å². The summed E-state index contributed by atoms with van der Waals surface area (Å²) < 4.78 is 1.80. The molecule has 0 saturated heterocycles. The predicted octanol–water partition coefficient (Wildman–Crippen LogP) is 2.19. The van der Waals surface area contributed by atoms with Gasteiger partial charge < -0.3 is 9.67 Å². The highest BCUT2D eigenvalue weighted by atomic mass is 16.3. The highest BCUT2D eigenvalue weighted by Crippen LogP contribution is 2.28. The van der Waals surface area contributed by atoms with Gasteiger partial charge in [0, 0.05) is 18.0 Å². The first-order valence-electron chi connectivity index (χ1n) is 3.95. The van der Waals surface area contributed by atoms with E-state index in [-0.39, 0.29) is 0 Å². The molecule has 0 aliphatic carbocycles. The molecule has 0 saturated carbocycles. The molecule has 1 heterocycles. The van der Waals surface area contributed by atoms with Crippen LogP contribution in [0.3, 0.4) is 0 Å². The van der Waals surface area contributed by atoms with Crippen molar-refractivity contribution in [3.63, 3.8) is 0 Å². The van der Waals surface area contributed by atoms with Gasteiger partial charge >= 0.3 is 0 Å². The van der Waals surface area contributed by atoms with E-state index in [0.717, 1.165) is 16.5 Å². The van der Waals surface area contributed by atoms with Gasteiger partial charge in [0.25, 0.3) is 0 Å². The van der Waals surface area contributed by atoms with Gasteiger partial charge in [-0.3, -0.25) is 0 Å². The van der Waals surface area contributed by atoms with Gasteiger partial charge in [-0.15, -0.1) is 0 Å². The van der Waals surface area contributed by atoms with Crippen molar-refractivity contribution in [2.75, 3.05) is 0 Å². The van der Waals surface area contributed by atoms with Gasteiger partial charge in [-0.1, -0.05) is 18.2 Å². The Hall–Kier alpha value is -1.44. The SMILES string of the molecule is Cc1c(O)n(C)c2ccccc12. The summed E-state index contributed by atoms with van der Waals surface area (Å²) in [5.41, 5.74) is 2.03. The summed E-state index contributed by atoms with van der Waals surface area (Å²) in [5, 5.41) is 10.7. The summed E-state index contributed by atoms with van der Waals surface area (Å²) >= 11 is 0. The lowest BCUT2D eigenvalue weighted by Crippen LogP contribution is -1.84. The van der Waals surface area contributed by atoms with Gasteiger partial charge in [0.15, 0.2) is 5.88 Å². The third-order valence-corrected chi connectivity index (χ3v) is 2.32. The zero-order chi connectivity index (χ0) is 8.72. The third kappa shape index (κ3) is 0.749. The van der Waals surface area contributed by atoms with Crippen LogP contribution in [0.2, 0.25) is 0 Å². The maximum absolute atomic E-state index is 9.59. The van der Waals surface area contributed by atoms with Crippen molar-refractivity contribution < 1.29 is 5.11 Å². The molecule has 0 unspecified atom stereocenters. The fraction of sp³-hybridized carbons (Fsp3) is 0.200. The molecule has 0 bridgehead atoms. The molecule has 1 N–H and O–H groups in total. The van der Waals surface area contributed by atoms with Gasteiger partial charge in [0.1, 0.15) is 0 Å². The Labute approximate surface area is 71.1 Å². The molecule has 1 aromatic carbocycles. The summed E-state index contributed by atoms with van der Waals surface area (Å²) in [6, 6.07) is 7.97. The normalized spacial score (nSPS) is 10.8. The molecule has 0 aliphatic heterocycles. The number of aromatic nitrogens is 1. The second kappa shape index (κ2) is 2.27. The molecule has 0 spiro atoms. The van der Waals surface area contributed by atoms with Crippen molar-refractivity contribution in [2.45, 2.75) is 6.92 Å². The molecule has 12 heavy (non-hydrogen) atoms. The summed E-state index contributed by atoms with van der Waals surface area (Å²) in [4.78, 5) is 0. The van der Waals surface area contributed by atoms with Gasteiger partial charge in [-0.2, -0.15) is 0 Å². The zero-order valence-corrected chi connectivity index (χ0v) is 7.20. The molecule has 2 heteroatoms. The van der Waals surface area contributed by atoms with Crippen LogP contribution in [0, 0.1) is 6.92 Å². The van der Waals surface area contributed by atoms with E-state index in [1.54, 1.807) is 4.57 Å². The number of hydrogen-bond donors (Lipinski definition) is 1. The van der Waals surface area contributed by atoms with Gasteiger partial charge in [0.05, 0.1) is 5.52 Å². The predicted molar refractivity (Wildman–Crippen MR) is 49.3 cm³/mol. The molecule has 2 rings (SSSR count). The lowest BCUT2D eigenvalue weighted by atomic mass is 10.2. The minimum absolute atomic E-state index is 0.358. The van der Waals surface area contributed by atoms with Crippen LogP contribution in [-0.4, -0.2) is 9.67 Å². The summed E-state index contributed by atoms with van der Waals surface area (Å²) in [5.74, 6) is 0.358. The summed E-state index contributed by atoms with van der Waals surface area (Å²) in [6.07, 6.45) is 0. The number of fused-ring (bicyclic) bond motifs is 1. The van der Waals surface area contributed by atoms with E-state index in [4.69, 9.17) is 0 Å². The fourth-order valence-electron chi connectivity index (χ4n) is 1.57. The highest BCUT2D eigenvalue weighted by molar-refractivity contribution is 5.86. The first-order valence-corrected chi connectivity index (χ1v) is 3.95. The maximum Gasteiger partial charge on any atom is 0.194 e. The average Bonchev–Trinajstić information content (AvgIpc) is 2.33. The number of para-hydroxylation sites is 1. The molecule has 62 valence electrons. The molecule has 0 radical (unpaired) electrons. The molecule has 2 nitrogen and oxygen atoms in total. The van der Waals surface area contributed by atoms with Gasteiger partial charge in [0.2, 0.25) is 0 Å². The lowest BCUT2D eigenvalue weighted by Gasteiger charge is -1.95. The Morgan fingerprint density at radius 2 is 1.92 bits per heavy atom. The zero-order valence-electron chi connectivity index (χ0n) is 7.20. The van der Waals surface area contributed by atoms with Crippen LogP contribution in [0.15, 0.2) is 24.3 Å². The number of aryl methyl sites for hydroxylation is 2. The first kappa shape index (κ1) is 7.22. The fourth-order valence-corrected chi connectivity index (χ4v) is 1.57. The molecule has 0 fully saturated rings. The van der Waals surface area contributed by atoms with Crippen molar-refractivity contribution in [2.24, 2.45) is 7.05 Å². The Balaban J connectivity index is 2.99. The van der Waals surface area contributed by atoms with Crippen LogP contribution in [0.5, 0.6) is 5.88 Å². The van der Waals surface area contributed by atoms with Crippen LogP contribution < -0.4 is 0 Å². The van der Waals surface area contributed by atoms with E-state index in [1.165, 1.54) is 0 Å². The minimum atomic E-state index is 0.358. The van der Waals surface area contributed by atoms with Crippen LogP contribution in [0.4, 0.5) is 0 Å². The van der Waals surface area contributed by atoms with Crippen molar-refractivity contribution in [1.29, 1.82) is 0 Å². The molecule has 0 atom stereocenters. The maximum atomic E-state index is 9.59. The minimum Gasteiger partial charge on any atom is -0.494 e. The van der Waals surface area contributed by atoms with Crippen molar-refractivity contribution in [3.8, 4) is 5.88 Å². The molecule has 1 aromatic heterocycles. The Kier molecular flexibility index (Phi) is 1.37. The van der Waals surface area contributed by atoms with Crippen molar-refractivity contribution in [3.05, 3.63) is 29.8 Å². The molecule has 2 aromatic rings. The van der Waals surface area contributed by atoms with Crippen LogP contribution >= 0.6 is 0 Å². The van der Waals surface area contributed by atoms with E-state index in [1.807, 2.05) is 38.2 Å². The second-order valence-corrected chi connectivity index (χ2v) is 3.02. The Morgan fingerprint density at radius 3 is 2.58 bits per heavy atom. The summed E-state index contributed by atoms with van der Waals surface area (Å²) in [6.45, 7) is 1.93. The number of benzene rings is 1. The molecule has 0 amide bonds. The monoisotopic (exact) mass is 161 g/mol. The van der Waals surface area contributed by atoms with Gasteiger partial charge in [-0.25, -0.2) is 0 Å². The van der Waals surface area contributed by atoms with Crippen LogP contribution in [0.25, 0.3) is 10.9 Å². The van der Waals surface area contributed by atoms with E-state index in [9.17, 15) is 5.11 Å². The van der Waals surface area contributed by atoms with E-state index in [2.05, 4.69) is 0 Å². The lowest BCUT2D eigenvalue weighted by molar-refractivity contribution is 0.431. The quantitative estimate of drug-likeness (QED) is 0.629. The number of hydrogen-bond acceptors (Lipinski definition) is 1. The van der Waals surface area contributed by atoms with Crippen molar-refractivity contribution >= 4 is 10.9 Å². The molecule has 0 aliphatic rings. The van der Waals surface area contributed by atoms with Crippen molar-refractivity contribution in [1.82, 2.24) is 4.57 Å². The smallest absolute Gasteiger partial charge is 0.194 e. The third-order valence-electron chi connectivity index (χ3n) is 2.32. The highest BCUT2D eigenvalue weighted by Gasteiger charge is 2.08. The number of rotatable bonds is 0. The van der Waals surface area contributed by atoms with Crippen LogP contribution in [-0.2, 0) is 7.05 Å². The van der Waals surface area contributed by atoms with Crippen LogP contribution in [0.1, 0.15) is 5.56 Å². The standard InChI is InChI=1S/C10H11NO/c1-7-8-5-3-4-6-9(8)11(2)10(7)12/h3-6,12H,1-2H3. The van der Waals surface area contributed by atoms with E-state index in [0.29, 0.717) is 5.88 Å². The molecular formula is C10H11NO. The number of aromatic hydroxyl groups is 1. The Bertz CT molecular complexity index is 390. The first-order chi connectivity index (χ1) is 5.72.